The van der Waals surface area contributed by atoms with E-state index in [1.54, 1.807) is 0 Å². The predicted octanol–water partition coefficient (Wildman–Crippen LogP) is 1.92. The molecule has 0 saturated heterocycles. The molecule has 2 nitrogen and oxygen atoms in total. The number of hydrogen-bond donors (Lipinski definition) is 1. The second-order valence-corrected chi connectivity index (χ2v) is 4.17. The van der Waals surface area contributed by atoms with Gasteiger partial charge >= 0.3 is 0 Å². The van der Waals surface area contributed by atoms with Crippen LogP contribution in [0.3, 0.4) is 0 Å². The Labute approximate surface area is 80.2 Å². The zero-order valence-corrected chi connectivity index (χ0v) is 8.67. The van der Waals surface area contributed by atoms with E-state index in [-0.39, 0.29) is 5.54 Å². The van der Waals surface area contributed by atoms with Crippen molar-refractivity contribution in [2.75, 3.05) is 0 Å². The quantitative estimate of drug-likeness (QED) is 0.768. The molecule has 2 heteroatoms. The van der Waals surface area contributed by atoms with Crippen LogP contribution in [0, 0.1) is 0 Å². The molecule has 0 fully saturated rings. The molecule has 13 heavy (non-hydrogen) atoms. The maximum Gasteiger partial charge on any atom is 0.0424 e. The van der Waals surface area contributed by atoms with Crippen LogP contribution >= 0.6 is 0 Å². The summed E-state index contributed by atoms with van der Waals surface area (Å²) in [6.45, 7) is 6.19. The molecule has 1 aromatic rings. The largest absolute Gasteiger partial charge is 0.325 e. The molecular formula is C11H18N2. The Balaban J connectivity index is 2.78. The maximum atomic E-state index is 5.92. The third kappa shape index (κ3) is 3.55. The third-order valence-electron chi connectivity index (χ3n) is 1.93. The summed E-state index contributed by atoms with van der Waals surface area (Å²) in [5.41, 5.74) is 8.17. The van der Waals surface area contributed by atoms with Crippen molar-refractivity contribution in [1.82, 2.24) is 4.98 Å². The highest BCUT2D eigenvalue weighted by Crippen LogP contribution is 2.09. The average Bonchev–Trinajstić information content (AvgIpc) is 2.01. The van der Waals surface area contributed by atoms with Crippen LogP contribution in [0.15, 0.2) is 18.3 Å². The van der Waals surface area contributed by atoms with Gasteiger partial charge in [-0.3, -0.25) is 4.98 Å². The number of pyridine rings is 1. The fraction of sp³-hybridized carbons (Fsp3) is 0.545. The highest BCUT2D eigenvalue weighted by Gasteiger charge is 2.12. The van der Waals surface area contributed by atoms with Crippen LogP contribution in [0.2, 0.25) is 0 Å². The summed E-state index contributed by atoms with van der Waals surface area (Å²) in [5, 5.41) is 0. The molecule has 0 aliphatic carbocycles. The van der Waals surface area contributed by atoms with Gasteiger partial charge in [-0.05, 0) is 38.0 Å². The van der Waals surface area contributed by atoms with Crippen molar-refractivity contribution in [3.05, 3.63) is 29.6 Å². The summed E-state index contributed by atoms with van der Waals surface area (Å²) in [5.74, 6) is 0. The molecule has 0 atom stereocenters. The number of aromatic nitrogens is 1. The van der Waals surface area contributed by atoms with Gasteiger partial charge in [0.25, 0.3) is 0 Å². The highest BCUT2D eigenvalue weighted by atomic mass is 14.7. The molecule has 0 saturated carbocycles. The molecule has 0 aromatic carbocycles. The van der Waals surface area contributed by atoms with Crippen molar-refractivity contribution in [2.45, 2.75) is 39.2 Å². The van der Waals surface area contributed by atoms with Crippen LogP contribution in [-0.4, -0.2) is 10.5 Å². The standard InChI is InChI=1S/C11H18N2/c1-4-9-5-6-13-10(7-9)8-11(2,3)12/h5-7H,4,8,12H2,1-3H3. The van der Waals surface area contributed by atoms with Gasteiger partial charge in [0.2, 0.25) is 0 Å². The van der Waals surface area contributed by atoms with Crippen molar-refractivity contribution >= 4 is 0 Å². The Morgan fingerprint density at radius 1 is 1.46 bits per heavy atom. The number of hydrogen-bond acceptors (Lipinski definition) is 2. The van der Waals surface area contributed by atoms with Gasteiger partial charge in [0.05, 0.1) is 0 Å². The molecule has 0 aliphatic heterocycles. The van der Waals surface area contributed by atoms with E-state index in [1.165, 1.54) is 5.56 Å². The topological polar surface area (TPSA) is 38.9 Å². The van der Waals surface area contributed by atoms with E-state index < -0.39 is 0 Å². The van der Waals surface area contributed by atoms with Gasteiger partial charge in [0.15, 0.2) is 0 Å². The zero-order chi connectivity index (χ0) is 9.90. The van der Waals surface area contributed by atoms with Gasteiger partial charge in [-0.25, -0.2) is 0 Å². The number of rotatable bonds is 3. The second kappa shape index (κ2) is 3.88. The third-order valence-corrected chi connectivity index (χ3v) is 1.93. The van der Waals surface area contributed by atoms with E-state index in [0.29, 0.717) is 0 Å². The van der Waals surface area contributed by atoms with Gasteiger partial charge < -0.3 is 5.73 Å². The fourth-order valence-electron chi connectivity index (χ4n) is 1.31. The normalized spacial score (nSPS) is 11.7. The van der Waals surface area contributed by atoms with E-state index in [1.807, 2.05) is 26.1 Å². The molecule has 2 N–H and O–H groups in total. The molecule has 1 heterocycles. The van der Waals surface area contributed by atoms with Crippen molar-refractivity contribution in [1.29, 1.82) is 0 Å². The highest BCUT2D eigenvalue weighted by molar-refractivity contribution is 5.17. The van der Waals surface area contributed by atoms with Crippen molar-refractivity contribution < 1.29 is 0 Å². The number of aryl methyl sites for hydroxylation is 1. The molecule has 0 unspecified atom stereocenters. The van der Waals surface area contributed by atoms with Crippen molar-refractivity contribution in [3.8, 4) is 0 Å². The molecule has 0 amide bonds. The smallest absolute Gasteiger partial charge is 0.0424 e. The Hall–Kier alpha value is -0.890. The number of nitrogens with zero attached hydrogens (tertiary/aromatic N) is 1. The Morgan fingerprint density at radius 3 is 2.69 bits per heavy atom. The van der Waals surface area contributed by atoms with Crippen LogP contribution in [0.5, 0.6) is 0 Å². The van der Waals surface area contributed by atoms with E-state index in [2.05, 4.69) is 18.0 Å². The molecule has 0 spiro atoms. The molecule has 0 radical (unpaired) electrons. The molecule has 1 aromatic heterocycles. The van der Waals surface area contributed by atoms with Crippen LogP contribution in [0.4, 0.5) is 0 Å². The molecule has 0 bridgehead atoms. The van der Waals surface area contributed by atoms with Crippen LogP contribution in [-0.2, 0) is 12.8 Å². The number of nitrogens with two attached hydrogens (primary N) is 1. The van der Waals surface area contributed by atoms with E-state index >= 15 is 0 Å². The average molecular weight is 178 g/mol. The van der Waals surface area contributed by atoms with Gasteiger partial charge in [-0.1, -0.05) is 6.92 Å². The Morgan fingerprint density at radius 2 is 2.15 bits per heavy atom. The summed E-state index contributed by atoms with van der Waals surface area (Å²) in [6, 6.07) is 4.18. The lowest BCUT2D eigenvalue weighted by Crippen LogP contribution is -2.34. The summed E-state index contributed by atoms with van der Waals surface area (Å²) >= 11 is 0. The lowest BCUT2D eigenvalue weighted by Gasteiger charge is -2.17. The molecule has 0 aliphatic rings. The van der Waals surface area contributed by atoms with E-state index in [4.69, 9.17) is 5.73 Å². The van der Waals surface area contributed by atoms with Crippen molar-refractivity contribution in [3.63, 3.8) is 0 Å². The van der Waals surface area contributed by atoms with Gasteiger partial charge in [-0.2, -0.15) is 0 Å². The first kappa shape index (κ1) is 10.2. The fourth-order valence-corrected chi connectivity index (χ4v) is 1.31. The van der Waals surface area contributed by atoms with Crippen LogP contribution in [0.25, 0.3) is 0 Å². The van der Waals surface area contributed by atoms with E-state index in [0.717, 1.165) is 18.5 Å². The van der Waals surface area contributed by atoms with Crippen LogP contribution < -0.4 is 5.73 Å². The van der Waals surface area contributed by atoms with Gasteiger partial charge in [0.1, 0.15) is 0 Å². The SMILES string of the molecule is CCc1ccnc(CC(C)(C)N)c1. The monoisotopic (exact) mass is 178 g/mol. The molecule has 72 valence electrons. The van der Waals surface area contributed by atoms with Gasteiger partial charge in [-0.15, -0.1) is 0 Å². The van der Waals surface area contributed by atoms with Crippen LogP contribution in [0.1, 0.15) is 32.0 Å². The predicted molar refractivity (Wildman–Crippen MR) is 55.6 cm³/mol. The summed E-state index contributed by atoms with van der Waals surface area (Å²) in [6.07, 6.45) is 3.75. The summed E-state index contributed by atoms with van der Waals surface area (Å²) in [4.78, 5) is 4.29. The minimum Gasteiger partial charge on any atom is -0.325 e. The zero-order valence-electron chi connectivity index (χ0n) is 8.67. The summed E-state index contributed by atoms with van der Waals surface area (Å²) in [7, 11) is 0. The van der Waals surface area contributed by atoms with Gasteiger partial charge in [0, 0.05) is 23.9 Å². The first-order valence-electron chi connectivity index (χ1n) is 4.74. The lowest BCUT2D eigenvalue weighted by atomic mass is 9.99. The minimum absolute atomic E-state index is 0.167. The molecule has 1 rings (SSSR count). The Kier molecular flexibility index (Phi) is 3.04. The lowest BCUT2D eigenvalue weighted by molar-refractivity contribution is 0.510. The summed E-state index contributed by atoms with van der Waals surface area (Å²) < 4.78 is 0. The maximum absolute atomic E-state index is 5.92. The molecular weight excluding hydrogens is 160 g/mol. The van der Waals surface area contributed by atoms with E-state index in [9.17, 15) is 0 Å². The Bertz CT molecular complexity index is 274. The first-order chi connectivity index (χ1) is 6.01. The van der Waals surface area contributed by atoms with Crippen molar-refractivity contribution in [2.24, 2.45) is 5.73 Å². The minimum atomic E-state index is -0.167. The second-order valence-electron chi connectivity index (χ2n) is 4.17. The first-order valence-corrected chi connectivity index (χ1v) is 4.74.